The van der Waals surface area contributed by atoms with Gasteiger partial charge in [-0.3, -0.25) is 14.5 Å². The van der Waals surface area contributed by atoms with Crippen LogP contribution in [0.1, 0.15) is 40.4 Å². The molecule has 1 N–H and O–H groups in total. The van der Waals surface area contributed by atoms with Crippen LogP contribution in [0, 0.1) is 6.92 Å². The number of aryl methyl sites for hydroxylation is 1. The number of benzene rings is 2. The molecule has 5 heteroatoms. The maximum atomic E-state index is 12.6. The number of aliphatic carboxylic acids is 1. The predicted octanol–water partition coefficient (Wildman–Crippen LogP) is 3.36. The van der Waals surface area contributed by atoms with Gasteiger partial charge in [0, 0.05) is 44.2 Å². The first-order chi connectivity index (χ1) is 13.0. The molecule has 1 saturated heterocycles. The highest BCUT2D eigenvalue weighted by atomic mass is 16.4. The largest absolute Gasteiger partial charge is 0.481 e. The molecule has 5 nitrogen and oxygen atoms in total. The molecule has 27 heavy (non-hydrogen) atoms. The van der Waals surface area contributed by atoms with Gasteiger partial charge in [0.1, 0.15) is 0 Å². The van der Waals surface area contributed by atoms with E-state index in [1.54, 1.807) is 0 Å². The van der Waals surface area contributed by atoms with Crippen LogP contribution >= 0.6 is 0 Å². The Hall–Kier alpha value is -2.66. The van der Waals surface area contributed by atoms with E-state index in [4.69, 9.17) is 5.11 Å². The minimum absolute atomic E-state index is 0.0627. The molecular weight excluding hydrogens is 340 g/mol. The van der Waals surface area contributed by atoms with Gasteiger partial charge in [-0.05, 0) is 31.0 Å². The van der Waals surface area contributed by atoms with Crippen molar-refractivity contribution in [2.45, 2.75) is 25.8 Å². The van der Waals surface area contributed by atoms with Crippen LogP contribution in [-0.2, 0) is 4.79 Å². The van der Waals surface area contributed by atoms with Gasteiger partial charge in [-0.2, -0.15) is 0 Å². The van der Waals surface area contributed by atoms with Gasteiger partial charge in [-0.1, -0.05) is 48.0 Å². The van der Waals surface area contributed by atoms with Crippen molar-refractivity contribution in [3.05, 3.63) is 71.3 Å². The van der Waals surface area contributed by atoms with Crippen molar-refractivity contribution in [2.24, 2.45) is 0 Å². The average molecular weight is 366 g/mol. The Labute approximate surface area is 160 Å². The smallest absolute Gasteiger partial charge is 0.303 e. The molecule has 2 aromatic carbocycles. The minimum atomic E-state index is -0.773. The zero-order chi connectivity index (χ0) is 19.2. The zero-order valence-electron chi connectivity index (χ0n) is 15.7. The second-order valence-corrected chi connectivity index (χ2v) is 7.05. The molecule has 2 aromatic rings. The number of carboxylic acid groups (broad SMARTS) is 1. The Balaban J connectivity index is 1.67. The Morgan fingerprint density at radius 1 is 0.963 bits per heavy atom. The summed E-state index contributed by atoms with van der Waals surface area (Å²) in [4.78, 5) is 27.9. The van der Waals surface area contributed by atoms with Crippen LogP contribution in [0.2, 0.25) is 0 Å². The normalized spacial score (nSPS) is 16.1. The SMILES string of the molecule is Cc1ccc([C@H](CCC(=O)O)N2CCN(C(=O)c3ccccc3)CC2)cc1. The molecule has 1 fully saturated rings. The average Bonchev–Trinajstić information content (AvgIpc) is 2.70. The molecule has 1 aliphatic rings. The fourth-order valence-electron chi connectivity index (χ4n) is 3.61. The first kappa shape index (κ1) is 19.1. The van der Waals surface area contributed by atoms with Crippen molar-refractivity contribution in [1.82, 2.24) is 9.80 Å². The van der Waals surface area contributed by atoms with E-state index in [1.807, 2.05) is 42.2 Å². The van der Waals surface area contributed by atoms with E-state index in [0.29, 0.717) is 25.1 Å². The number of hydrogen-bond donors (Lipinski definition) is 1. The highest BCUT2D eigenvalue weighted by Gasteiger charge is 2.27. The molecule has 1 heterocycles. The van der Waals surface area contributed by atoms with Gasteiger partial charge in [0.25, 0.3) is 5.91 Å². The van der Waals surface area contributed by atoms with Crippen molar-refractivity contribution in [3.63, 3.8) is 0 Å². The van der Waals surface area contributed by atoms with Gasteiger partial charge in [-0.25, -0.2) is 0 Å². The number of carbonyl (C=O) groups is 2. The highest BCUT2D eigenvalue weighted by Crippen LogP contribution is 2.27. The second-order valence-electron chi connectivity index (χ2n) is 7.05. The van der Waals surface area contributed by atoms with Crippen molar-refractivity contribution >= 4 is 11.9 Å². The van der Waals surface area contributed by atoms with Gasteiger partial charge in [0.15, 0.2) is 0 Å². The molecule has 0 aliphatic carbocycles. The predicted molar refractivity (Wildman–Crippen MR) is 105 cm³/mol. The van der Waals surface area contributed by atoms with Gasteiger partial charge in [0.2, 0.25) is 0 Å². The standard InChI is InChI=1S/C22H26N2O3/c1-17-7-9-18(10-8-17)20(11-12-21(25)26)23-13-15-24(16-14-23)22(27)19-5-3-2-4-6-19/h2-10,20H,11-16H2,1H3,(H,25,26)/t20-/m0/s1. The lowest BCUT2D eigenvalue weighted by atomic mass is 9.98. The molecule has 0 saturated carbocycles. The molecule has 0 spiro atoms. The summed E-state index contributed by atoms with van der Waals surface area (Å²) in [6, 6.07) is 17.7. The summed E-state index contributed by atoms with van der Waals surface area (Å²) >= 11 is 0. The van der Waals surface area contributed by atoms with E-state index in [2.05, 4.69) is 29.2 Å². The maximum absolute atomic E-state index is 12.6. The van der Waals surface area contributed by atoms with E-state index in [1.165, 1.54) is 5.56 Å². The number of piperazine rings is 1. The maximum Gasteiger partial charge on any atom is 0.303 e. The molecule has 142 valence electrons. The Bertz CT molecular complexity index is 766. The fraction of sp³-hybridized carbons (Fsp3) is 0.364. The summed E-state index contributed by atoms with van der Waals surface area (Å²) < 4.78 is 0. The molecule has 1 atom stereocenters. The third-order valence-corrected chi connectivity index (χ3v) is 5.16. The Kier molecular flexibility index (Phi) is 6.24. The summed E-state index contributed by atoms with van der Waals surface area (Å²) in [6.07, 6.45) is 0.715. The third-order valence-electron chi connectivity index (χ3n) is 5.16. The van der Waals surface area contributed by atoms with E-state index in [-0.39, 0.29) is 18.4 Å². The number of rotatable bonds is 6. The van der Waals surface area contributed by atoms with E-state index in [0.717, 1.165) is 18.7 Å². The molecule has 0 unspecified atom stereocenters. The summed E-state index contributed by atoms with van der Waals surface area (Å²) in [5, 5.41) is 9.12. The van der Waals surface area contributed by atoms with E-state index >= 15 is 0 Å². The van der Waals surface area contributed by atoms with Gasteiger partial charge in [0.05, 0.1) is 0 Å². The number of amides is 1. The van der Waals surface area contributed by atoms with Crippen LogP contribution in [0.3, 0.4) is 0 Å². The highest BCUT2D eigenvalue weighted by molar-refractivity contribution is 5.94. The Morgan fingerprint density at radius 2 is 1.59 bits per heavy atom. The van der Waals surface area contributed by atoms with E-state index in [9.17, 15) is 9.59 Å². The number of carbonyl (C=O) groups excluding carboxylic acids is 1. The van der Waals surface area contributed by atoms with Crippen LogP contribution in [0.25, 0.3) is 0 Å². The second kappa shape index (κ2) is 8.82. The van der Waals surface area contributed by atoms with Crippen LogP contribution < -0.4 is 0 Å². The summed E-state index contributed by atoms with van der Waals surface area (Å²) in [5.41, 5.74) is 3.05. The number of nitrogens with zero attached hydrogens (tertiary/aromatic N) is 2. The van der Waals surface area contributed by atoms with Crippen LogP contribution in [-0.4, -0.2) is 53.0 Å². The lowest BCUT2D eigenvalue weighted by Gasteiger charge is -2.39. The topological polar surface area (TPSA) is 60.9 Å². The van der Waals surface area contributed by atoms with Gasteiger partial charge in [-0.15, -0.1) is 0 Å². The molecule has 1 aliphatic heterocycles. The van der Waals surface area contributed by atoms with E-state index < -0.39 is 5.97 Å². The molecule has 1 amide bonds. The summed E-state index contributed by atoms with van der Waals surface area (Å²) in [7, 11) is 0. The molecule has 0 bridgehead atoms. The third kappa shape index (κ3) is 4.95. The minimum Gasteiger partial charge on any atom is -0.481 e. The van der Waals surface area contributed by atoms with Gasteiger partial charge >= 0.3 is 5.97 Å². The molecular formula is C22H26N2O3. The van der Waals surface area contributed by atoms with Crippen LogP contribution in [0.5, 0.6) is 0 Å². The summed E-state index contributed by atoms with van der Waals surface area (Å²) in [5.74, 6) is -0.710. The first-order valence-electron chi connectivity index (χ1n) is 9.41. The summed E-state index contributed by atoms with van der Waals surface area (Å²) in [6.45, 7) is 4.85. The Morgan fingerprint density at radius 3 is 2.19 bits per heavy atom. The van der Waals surface area contributed by atoms with Crippen molar-refractivity contribution in [3.8, 4) is 0 Å². The van der Waals surface area contributed by atoms with Gasteiger partial charge < -0.3 is 10.0 Å². The van der Waals surface area contributed by atoms with Crippen LogP contribution in [0.15, 0.2) is 54.6 Å². The lowest BCUT2D eigenvalue weighted by Crippen LogP contribution is -2.49. The fourth-order valence-corrected chi connectivity index (χ4v) is 3.61. The quantitative estimate of drug-likeness (QED) is 0.852. The van der Waals surface area contributed by atoms with Crippen molar-refractivity contribution in [2.75, 3.05) is 26.2 Å². The number of carboxylic acids is 1. The molecule has 0 aromatic heterocycles. The van der Waals surface area contributed by atoms with Crippen molar-refractivity contribution in [1.29, 1.82) is 0 Å². The van der Waals surface area contributed by atoms with Crippen molar-refractivity contribution < 1.29 is 14.7 Å². The monoisotopic (exact) mass is 366 g/mol. The lowest BCUT2D eigenvalue weighted by molar-refractivity contribution is -0.137. The first-order valence-corrected chi connectivity index (χ1v) is 9.41. The number of hydrogen-bond acceptors (Lipinski definition) is 3. The molecule has 0 radical (unpaired) electrons. The zero-order valence-corrected chi connectivity index (χ0v) is 15.7. The molecule has 3 rings (SSSR count). The van der Waals surface area contributed by atoms with Crippen LogP contribution in [0.4, 0.5) is 0 Å².